The van der Waals surface area contributed by atoms with E-state index in [1.807, 2.05) is 13.8 Å². The van der Waals surface area contributed by atoms with Gasteiger partial charge in [0, 0.05) is 25.1 Å². The molecular weight excluding hydrogens is 210 g/mol. The van der Waals surface area contributed by atoms with Crippen LogP contribution >= 0.6 is 0 Å². The molecule has 0 heterocycles. The third-order valence-electron chi connectivity index (χ3n) is 3.27. The van der Waals surface area contributed by atoms with Gasteiger partial charge in [-0.25, -0.2) is 4.79 Å². The van der Waals surface area contributed by atoms with Crippen molar-refractivity contribution >= 4 is 5.97 Å². The second kappa shape index (κ2) is 6.18. The summed E-state index contributed by atoms with van der Waals surface area (Å²) in [6.45, 7) is 5.75. The van der Waals surface area contributed by atoms with Gasteiger partial charge in [0.1, 0.15) is 0 Å². The molecule has 0 spiro atoms. The Hall–Kier alpha value is -0.650. The second-order valence-corrected chi connectivity index (χ2v) is 4.55. The first-order valence-electron chi connectivity index (χ1n) is 5.61. The summed E-state index contributed by atoms with van der Waals surface area (Å²) in [6.07, 6.45) is 1.62. The molecule has 5 heteroatoms. The van der Waals surface area contributed by atoms with Gasteiger partial charge in [-0.15, -0.1) is 0 Å². The van der Waals surface area contributed by atoms with E-state index in [0.29, 0.717) is 6.54 Å². The van der Waals surface area contributed by atoms with Gasteiger partial charge < -0.3 is 20.6 Å². The van der Waals surface area contributed by atoms with E-state index in [-0.39, 0.29) is 18.6 Å². The summed E-state index contributed by atoms with van der Waals surface area (Å²) in [5.41, 5.74) is -1.99. The number of rotatable bonds is 8. The smallest absolute Gasteiger partial charge is 0.336 e. The number of nitrogens with one attached hydrogen (secondary N) is 1. The first kappa shape index (κ1) is 15.3. The molecule has 0 aliphatic heterocycles. The Morgan fingerprint density at radius 2 is 1.75 bits per heavy atom. The lowest BCUT2D eigenvalue weighted by molar-refractivity contribution is -0.156. The van der Waals surface area contributed by atoms with Crippen LogP contribution in [0.15, 0.2) is 0 Å². The molecule has 0 saturated heterocycles. The molecule has 1 atom stereocenters. The van der Waals surface area contributed by atoms with Crippen LogP contribution in [0.25, 0.3) is 0 Å². The Kier molecular flexibility index (Phi) is 5.92. The molecule has 16 heavy (non-hydrogen) atoms. The molecule has 0 fully saturated rings. The van der Waals surface area contributed by atoms with E-state index in [1.165, 1.54) is 6.92 Å². The number of aliphatic carboxylic acids is 1. The minimum atomic E-state index is -1.76. The molecule has 0 aromatic carbocycles. The summed E-state index contributed by atoms with van der Waals surface area (Å²) in [6, 6.07) is 0. The molecule has 0 aromatic rings. The fourth-order valence-corrected chi connectivity index (χ4v) is 1.43. The van der Waals surface area contributed by atoms with Gasteiger partial charge in [0.25, 0.3) is 0 Å². The number of hydrogen-bond acceptors (Lipinski definition) is 4. The summed E-state index contributed by atoms with van der Waals surface area (Å²) in [4.78, 5) is 10.6. The molecule has 0 aliphatic carbocycles. The van der Waals surface area contributed by atoms with Crippen molar-refractivity contribution in [1.29, 1.82) is 0 Å². The second-order valence-electron chi connectivity index (χ2n) is 4.55. The van der Waals surface area contributed by atoms with E-state index in [1.54, 1.807) is 0 Å². The highest BCUT2D eigenvalue weighted by Gasteiger charge is 2.31. The van der Waals surface area contributed by atoms with E-state index in [2.05, 4.69) is 5.32 Å². The predicted molar refractivity (Wildman–Crippen MR) is 61.2 cm³/mol. The van der Waals surface area contributed by atoms with E-state index >= 15 is 0 Å². The maximum Gasteiger partial charge on any atom is 0.336 e. The van der Waals surface area contributed by atoms with Crippen LogP contribution in [-0.4, -0.2) is 46.6 Å². The van der Waals surface area contributed by atoms with Crippen LogP contribution in [-0.2, 0) is 4.79 Å². The van der Waals surface area contributed by atoms with Crippen molar-refractivity contribution < 1.29 is 20.1 Å². The average molecular weight is 233 g/mol. The first-order chi connectivity index (χ1) is 7.33. The normalized spacial score (nSPS) is 15.8. The maximum atomic E-state index is 10.6. The van der Waals surface area contributed by atoms with Crippen LogP contribution in [0.2, 0.25) is 0 Å². The lowest BCUT2D eigenvalue weighted by atomic mass is 9.83. The molecule has 0 bridgehead atoms. The summed E-state index contributed by atoms with van der Waals surface area (Å²) >= 11 is 0. The largest absolute Gasteiger partial charge is 0.479 e. The predicted octanol–water partition coefficient (Wildman–Crippen LogP) is 0.210. The summed E-state index contributed by atoms with van der Waals surface area (Å²) in [7, 11) is 0. The molecule has 1 unspecified atom stereocenters. The number of aliphatic hydroxyl groups excluding tert-OH is 1. The van der Waals surface area contributed by atoms with Gasteiger partial charge in [0.2, 0.25) is 0 Å². The summed E-state index contributed by atoms with van der Waals surface area (Å²) in [5, 5.41) is 30.4. The van der Waals surface area contributed by atoms with E-state index in [9.17, 15) is 15.0 Å². The zero-order chi connectivity index (χ0) is 12.8. The molecular formula is C11H23NO4. The van der Waals surface area contributed by atoms with Crippen LogP contribution in [0.1, 0.15) is 33.6 Å². The van der Waals surface area contributed by atoms with Gasteiger partial charge in [-0.2, -0.15) is 0 Å². The van der Waals surface area contributed by atoms with Crippen molar-refractivity contribution in [1.82, 2.24) is 5.32 Å². The van der Waals surface area contributed by atoms with Crippen molar-refractivity contribution in [3.63, 3.8) is 0 Å². The summed E-state index contributed by atoms with van der Waals surface area (Å²) < 4.78 is 0. The topological polar surface area (TPSA) is 89.8 Å². The Labute approximate surface area is 96.5 Å². The maximum absolute atomic E-state index is 10.6. The fourth-order valence-electron chi connectivity index (χ4n) is 1.43. The van der Waals surface area contributed by atoms with Crippen molar-refractivity contribution in [3.8, 4) is 0 Å². The third-order valence-corrected chi connectivity index (χ3v) is 3.27. The molecule has 5 nitrogen and oxygen atoms in total. The van der Waals surface area contributed by atoms with Crippen LogP contribution in [0, 0.1) is 5.41 Å². The molecule has 96 valence electrons. The van der Waals surface area contributed by atoms with Gasteiger partial charge in [0.05, 0.1) is 0 Å². The molecule has 0 aromatic heterocycles. The Morgan fingerprint density at radius 3 is 2.06 bits per heavy atom. The standard InChI is InChI=1S/C11H23NO4/c1-4-11(5-2,8-13)7-12-6-10(3,16)9(14)15/h12-13,16H,4-8H2,1-3H3,(H,14,15). The number of hydrogen-bond donors (Lipinski definition) is 4. The summed E-state index contributed by atoms with van der Waals surface area (Å²) in [5.74, 6) is -1.25. The van der Waals surface area contributed by atoms with Crippen molar-refractivity contribution in [2.75, 3.05) is 19.7 Å². The Balaban J connectivity index is 4.19. The first-order valence-corrected chi connectivity index (χ1v) is 5.61. The van der Waals surface area contributed by atoms with Gasteiger partial charge in [-0.05, 0) is 19.8 Å². The lowest BCUT2D eigenvalue weighted by Crippen LogP contribution is -2.48. The van der Waals surface area contributed by atoms with Gasteiger partial charge >= 0.3 is 5.97 Å². The molecule has 0 saturated carbocycles. The monoisotopic (exact) mass is 233 g/mol. The third kappa shape index (κ3) is 4.08. The number of aliphatic hydroxyl groups is 2. The lowest BCUT2D eigenvalue weighted by Gasteiger charge is -2.31. The van der Waals surface area contributed by atoms with Crippen LogP contribution in [0.5, 0.6) is 0 Å². The quantitative estimate of drug-likeness (QED) is 0.481. The van der Waals surface area contributed by atoms with Gasteiger partial charge in [-0.1, -0.05) is 13.8 Å². The SMILES string of the molecule is CCC(CC)(CO)CNCC(C)(O)C(=O)O. The number of carbonyl (C=O) groups is 1. The number of carboxylic acids is 1. The minimum absolute atomic E-state index is 0.0237. The average Bonchev–Trinajstić information content (AvgIpc) is 2.25. The highest BCUT2D eigenvalue weighted by atomic mass is 16.4. The molecule has 0 radical (unpaired) electrons. The van der Waals surface area contributed by atoms with Crippen molar-refractivity contribution in [2.45, 2.75) is 39.2 Å². The Bertz CT molecular complexity index is 216. The fraction of sp³-hybridized carbons (Fsp3) is 0.909. The van der Waals surface area contributed by atoms with Crippen LogP contribution in [0.4, 0.5) is 0 Å². The van der Waals surface area contributed by atoms with Gasteiger partial charge in [-0.3, -0.25) is 0 Å². The zero-order valence-electron chi connectivity index (χ0n) is 10.3. The highest BCUT2D eigenvalue weighted by molar-refractivity contribution is 5.76. The minimum Gasteiger partial charge on any atom is -0.479 e. The van der Waals surface area contributed by atoms with Crippen LogP contribution < -0.4 is 5.32 Å². The van der Waals surface area contributed by atoms with Crippen molar-refractivity contribution in [2.24, 2.45) is 5.41 Å². The molecule has 0 rings (SSSR count). The highest BCUT2D eigenvalue weighted by Crippen LogP contribution is 2.24. The molecule has 0 aliphatic rings. The van der Waals surface area contributed by atoms with Gasteiger partial charge in [0.15, 0.2) is 5.60 Å². The zero-order valence-corrected chi connectivity index (χ0v) is 10.3. The van der Waals surface area contributed by atoms with E-state index < -0.39 is 11.6 Å². The number of carboxylic acid groups (broad SMARTS) is 1. The molecule has 4 N–H and O–H groups in total. The van der Waals surface area contributed by atoms with Crippen molar-refractivity contribution in [3.05, 3.63) is 0 Å². The van der Waals surface area contributed by atoms with E-state index in [0.717, 1.165) is 12.8 Å². The Morgan fingerprint density at radius 1 is 1.25 bits per heavy atom. The molecule has 0 amide bonds. The van der Waals surface area contributed by atoms with E-state index in [4.69, 9.17) is 5.11 Å². The van der Waals surface area contributed by atoms with Crippen LogP contribution in [0.3, 0.4) is 0 Å².